The minimum atomic E-state index is -0.932. The Labute approximate surface area is 203 Å². The lowest BCUT2D eigenvalue weighted by Crippen LogP contribution is -2.32. The van der Waals surface area contributed by atoms with Crippen LogP contribution in [-0.4, -0.2) is 55.1 Å². The zero-order valence-corrected chi connectivity index (χ0v) is 19.9. The summed E-state index contributed by atoms with van der Waals surface area (Å²) in [4.78, 5) is 38.1. The van der Waals surface area contributed by atoms with E-state index in [0.717, 1.165) is 31.5 Å². The zero-order valence-electron chi connectivity index (χ0n) is 19.1. The molecule has 9 nitrogen and oxygen atoms in total. The summed E-state index contributed by atoms with van der Waals surface area (Å²) in [5.41, 5.74) is 4.04. The van der Waals surface area contributed by atoms with Crippen molar-refractivity contribution in [3.63, 3.8) is 0 Å². The summed E-state index contributed by atoms with van der Waals surface area (Å²) < 4.78 is 11.3. The Morgan fingerprint density at radius 3 is 2.53 bits per heavy atom. The molecule has 0 saturated carbocycles. The molecule has 1 heterocycles. The van der Waals surface area contributed by atoms with Crippen LogP contribution in [0.2, 0.25) is 5.02 Å². The van der Waals surface area contributed by atoms with E-state index in [1.165, 1.54) is 6.21 Å². The number of hydrogen-bond acceptors (Lipinski definition) is 6. The third kappa shape index (κ3) is 6.95. The normalized spacial score (nSPS) is 13.1. The molecule has 3 amide bonds. The van der Waals surface area contributed by atoms with E-state index in [1.807, 2.05) is 13.8 Å². The molecule has 0 aromatic heterocycles. The van der Waals surface area contributed by atoms with E-state index < -0.39 is 11.8 Å². The smallest absolute Gasteiger partial charge is 0.329 e. The molecule has 1 saturated heterocycles. The number of rotatable bonds is 8. The van der Waals surface area contributed by atoms with E-state index in [2.05, 4.69) is 15.8 Å². The Kier molecular flexibility index (Phi) is 8.86. The van der Waals surface area contributed by atoms with Crippen molar-refractivity contribution in [2.24, 2.45) is 5.10 Å². The maximum Gasteiger partial charge on any atom is 0.329 e. The molecule has 0 unspecified atom stereocenters. The monoisotopic (exact) mass is 486 g/mol. The number of likely N-dealkylation sites (tertiary alicyclic amines) is 1. The molecule has 2 aromatic carbocycles. The first-order valence-corrected chi connectivity index (χ1v) is 11.3. The summed E-state index contributed by atoms with van der Waals surface area (Å²) >= 11 is 6.03. The Bertz CT molecular complexity index is 1080. The molecular formula is C24H27ClN4O5. The summed E-state index contributed by atoms with van der Waals surface area (Å²) in [6, 6.07) is 9.97. The fraction of sp³-hybridized carbons (Fsp3) is 0.333. The van der Waals surface area contributed by atoms with Gasteiger partial charge < -0.3 is 19.7 Å². The summed E-state index contributed by atoms with van der Waals surface area (Å²) in [7, 11) is 0. The SMILES string of the molecule is CCOc1cc(/C=N\NC(=O)C(=O)Nc2ccc(C)c(Cl)c2)ccc1OCC(=O)N1CCCC1. The molecule has 10 heteroatoms. The van der Waals surface area contributed by atoms with Crippen molar-refractivity contribution in [1.29, 1.82) is 0 Å². The van der Waals surface area contributed by atoms with Crippen LogP contribution in [0.1, 0.15) is 30.9 Å². The van der Waals surface area contributed by atoms with Gasteiger partial charge in [0.05, 0.1) is 12.8 Å². The molecule has 3 rings (SSSR count). The molecule has 0 radical (unpaired) electrons. The van der Waals surface area contributed by atoms with Gasteiger partial charge in [-0.05, 0) is 68.1 Å². The van der Waals surface area contributed by atoms with Crippen LogP contribution in [0.4, 0.5) is 5.69 Å². The van der Waals surface area contributed by atoms with Gasteiger partial charge in [-0.2, -0.15) is 5.10 Å². The van der Waals surface area contributed by atoms with Gasteiger partial charge in [-0.3, -0.25) is 14.4 Å². The number of nitrogens with zero attached hydrogens (tertiary/aromatic N) is 2. The number of anilines is 1. The van der Waals surface area contributed by atoms with Gasteiger partial charge in [0.15, 0.2) is 18.1 Å². The van der Waals surface area contributed by atoms with Crippen LogP contribution in [0.3, 0.4) is 0 Å². The first-order chi connectivity index (χ1) is 16.4. The van der Waals surface area contributed by atoms with E-state index in [-0.39, 0.29) is 12.5 Å². The van der Waals surface area contributed by atoms with Gasteiger partial charge in [-0.15, -0.1) is 0 Å². The van der Waals surface area contributed by atoms with Crippen molar-refractivity contribution >= 4 is 41.2 Å². The van der Waals surface area contributed by atoms with Crippen LogP contribution in [0.5, 0.6) is 11.5 Å². The van der Waals surface area contributed by atoms with Gasteiger partial charge >= 0.3 is 11.8 Å². The van der Waals surface area contributed by atoms with Crippen LogP contribution in [-0.2, 0) is 14.4 Å². The molecule has 34 heavy (non-hydrogen) atoms. The molecule has 0 spiro atoms. The van der Waals surface area contributed by atoms with Gasteiger partial charge in [0, 0.05) is 23.8 Å². The Morgan fingerprint density at radius 1 is 1.06 bits per heavy atom. The molecule has 0 atom stereocenters. The average molecular weight is 487 g/mol. The Balaban J connectivity index is 1.56. The predicted molar refractivity (Wildman–Crippen MR) is 129 cm³/mol. The minimum absolute atomic E-state index is 0.0560. The van der Waals surface area contributed by atoms with E-state index in [0.29, 0.717) is 34.4 Å². The number of benzene rings is 2. The highest BCUT2D eigenvalue weighted by Gasteiger charge is 2.19. The number of halogens is 1. The molecule has 0 aliphatic carbocycles. The number of hydrazone groups is 1. The van der Waals surface area contributed by atoms with Crippen molar-refractivity contribution < 1.29 is 23.9 Å². The average Bonchev–Trinajstić information content (AvgIpc) is 3.36. The molecule has 0 bridgehead atoms. The van der Waals surface area contributed by atoms with E-state index in [9.17, 15) is 14.4 Å². The fourth-order valence-electron chi connectivity index (χ4n) is 3.26. The van der Waals surface area contributed by atoms with Crippen molar-refractivity contribution in [3.8, 4) is 11.5 Å². The van der Waals surface area contributed by atoms with Crippen molar-refractivity contribution in [2.75, 3.05) is 31.6 Å². The Morgan fingerprint density at radius 2 is 1.82 bits per heavy atom. The third-order valence-electron chi connectivity index (χ3n) is 5.09. The van der Waals surface area contributed by atoms with Crippen LogP contribution in [0.25, 0.3) is 0 Å². The molecule has 2 N–H and O–H groups in total. The van der Waals surface area contributed by atoms with Gasteiger partial charge in [0.2, 0.25) is 0 Å². The van der Waals surface area contributed by atoms with E-state index in [4.69, 9.17) is 21.1 Å². The number of nitrogens with one attached hydrogen (secondary N) is 2. The number of ether oxygens (including phenoxy) is 2. The summed E-state index contributed by atoms with van der Waals surface area (Å²) in [6.07, 6.45) is 3.40. The van der Waals surface area contributed by atoms with Gasteiger partial charge in [0.25, 0.3) is 5.91 Å². The molecule has 1 aliphatic heterocycles. The highest BCUT2D eigenvalue weighted by molar-refractivity contribution is 6.39. The van der Waals surface area contributed by atoms with E-state index in [1.54, 1.807) is 41.3 Å². The topological polar surface area (TPSA) is 109 Å². The molecule has 180 valence electrons. The molecular weight excluding hydrogens is 460 g/mol. The van der Waals surface area contributed by atoms with Crippen LogP contribution in [0, 0.1) is 6.92 Å². The largest absolute Gasteiger partial charge is 0.490 e. The quantitative estimate of drug-likeness (QED) is 0.338. The second-order valence-electron chi connectivity index (χ2n) is 7.63. The highest BCUT2D eigenvalue weighted by Crippen LogP contribution is 2.28. The van der Waals surface area contributed by atoms with Crippen molar-refractivity contribution in [3.05, 3.63) is 52.5 Å². The number of carbonyl (C=O) groups is 3. The van der Waals surface area contributed by atoms with Crippen LogP contribution in [0.15, 0.2) is 41.5 Å². The molecule has 1 aliphatic rings. The highest BCUT2D eigenvalue weighted by atomic mass is 35.5. The Hall–Kier alpha value is -3.59. The van der Waals surface area contributed by atoms with Gasteiger partial charge in [0.1, 0.15) is 0 Å². The lowest BCUT2D eigenvalue weighted by molar-refractivity contribution is -0.136. The number of carbonyl (C=O) groups excluding carboxylic acids is 3. The first kappa shape index (κ1) is 25.0. The lowest BCUT2D eigenvalue weighted by atomic mass is 10.2. The maximum atomic E-state index is 12.2. The number of amides is 3. The van der Waals surface area contributed by atoms with Crippen LogP contribution >= 0.6 is 11.6 Å². The standard InChI is InChI=1S/C24H27ClN4O5/c1-3-33-21-12-17(7-9-20(21)34-15-22(30)29-10-4-5-11-29)14-26-28-24(32)23(31)27-18-8-6-16(2)19(25)13-18/h6-9,12-14H,3-5,10-11,15H2,1-2H3,(H,27,31)(H,28,32)/b26-14-. The second kappa shape index (κ2) is 12.0. The maximum absolute atomic E-state index is 12.2. The lowest BCUT2D eigenvalue weighted by Gasteiger charge is -2.17. The third-order valence-corrected chi connectivity index (χ3v) is 5.50. The summed E-state index contributed by atoms with van der Waals surface area (Å²) in [6.45, 7) is 5.53. The number of aryl methyl sites for hydroxylation is 1. The molecule has 2 aromatic rings. The minimum Gasteiger partial charge on any atom is -0.490 e. The van der Waals surface area contributed by atoms with Crippen molar-refractivity contribution in [1.82, 2.24) is 10.3 Å². The second-order valence-corrected chi connectivity index (χ2v) is 8.04. The number of hydrogen-bond donors (Lipinski definition) is 2. The van der Waals surface area contributed by atoms with Crippen molar-refractivity contribution in [2.45, 2.75) is 26.7 Å². The zero-order chi connectivity index (χ0) is 24.5. The summed E-state index contributed by atoms with van der Waals surface area (Å²) in [5.74, 6) is -0.982. The fourth-order valence-corrected chi connectivity index (χ4v) is 3.45. The van der Waals surface area contributed by atoms with E-state index >= 15 is 0 Å². The summed E-state index contributed by atoms with van der Waals surface area (Å²) in [5, 5.41) is 6.76. The first-order valence-electron chi connectivity index (χ1n) is 11.0. The molecule has 1 fully saturated rings. The predicted octanol–water partition coefficient (Wildman–Crippen LogP) is 3.14. The van der Waals surface area contributed by atoms with Crippen LogP contribution < -0.4 is 20.2 Å². The van der Waals surface area contributed by atoms with Gasteiger partial charge in [-0.1, -0.05) is 17.7 Å². The van der Waals surface area contributed by atoms with Gasteiger partial charge in [-0.25, -0.2) is 5.43 Å².